The first-order valence-electron chi connectivity index (χ1n) is 19.7. The zero-order valence-corrected chi connectivity index (χ0v) is 31.9. The summed E-state index contributed by atoms with van der Waals surface area (Å²) in [5, 5.41) is 7.50. The molecule has 0 N–H and O–H groups in total. The molecule has 2 nitrogen and oxygen atoms in total. The van der Waals surface area contributed by atoms with Gasteiger partial charge < -0.3 is 0 Å². The Kier molecular flexibility index (Phi) is 7.55. The Hall–Kier alpha value is -7.16. The molecule has 0 spiro atoms. The predicted molar refractivity (Wildman–Crippen MR) is 239 cm³/mol. The van der Waals surface area contributed by atoms with E-state index in [2.05, 4.69) is 202 Å². The van der Waals surface area contributed by atoms with E-state index in [0.29, 0.717) is 5.82 Å². The first kappa shape index (κ1) is 33.2. The van der Waals surface area contributed by atoms with Crippen LogP contribution in [0.5, 0.6) is 0 Å². The van der Waals surface area contributed by atoms with Crippen molar-refractivity contribution in [2.45, 2.75) is 19.3 Å². The normalized spacial score (nSPS) is 12.9. The standard InChI is InChI=1S/C55H38N2/c1-55(2)48-23-13-12-21-45(48)46-31-30-40(33-49(46)55)42-18-10-11-22-47(42)51-34-50(36-15-4-3-5-16-36)56-54(57-51)38-27-25-37(26-28-38)52-44-20-9-7-17-39(44)32-41-29-24-35-14-6-8-19-43(35)53(41)52/h3-34H,1-2H3. The average Bonchev–Trinajstić information content (AvgIpc) is 3.51. The van der Waals surface area contributed by atoms with Crippen molar-refractivity contribution in [3.63, 3.8) is 0 Å². The van der Waals surface area contributed by atoms with E-state index in [1.807, 2.05) is 6.07 Å². The fourth-order valence-electron chi connectivity index (χ4n) is 9.23. The first-order valence-corrected chi connectivity index (χ1v) is 19.7. The molecule has 11 rings (SSSR count). The first-order chi connectivity index (χ1) is 28.0. The molecule has 1 aromatic heterocycles. The lowest BCUT2D eigenvalue weighted by Gasteiger charge is -2.22. The maximum absolute atomic E-state index is 5.35. The summed E-state index contributed by atoms with van der Waals surface area (Å²) in [6, 6.07) is 70.2. The molecule has 0 amide bonds. The summed E-state index contributed by atoms with van der Waals surface area (Å²) < 4.78 is 0. The minimum atomic E-state index is -0.0863. The second kappa shape index (κ2) is 13.0. The van der Waals surface area contributed by atoms with Crippen LogP contribution in [0.15, 0.2) is 194 Å². The van der Waals surface area contributed by atoms with Crippen LogP contribution in [0.2, 0.25) is 0 Å². The van der Waals surface area contributed by atoms with E-state index >= 15 is 0 Å². The highest BCUT2D eigenvalue weighted by molar-refractivity contribution is 6.22. The van der Waals surface area contributed by atoms with Crippen molar-refractivity contribution >= 4 is 32.3 Å². The summed E-state index contributed by atoms with van der Waals surface area (Å²) in [7, 11) is 0. The highest BCUT2D eigenvalue weighted by Crippen LogP contribution is 2.50. The second-order valence-electron chi connectivity index (χ2n) is 15.7. The minimum absolute atomic E-state index is 0.0863. The van der Waals surface area contributed by atoms with E-state index in [0.717, 1.165) is 33.6 Å². The molecule has 2 heteroatoms. The second-order valence-corrected chi connectivity index (χ2v) is 15.7. The molecule has 0 saturated carbocycles. The van der Waals surface area contributed by atoms with Crippen LogP contribution >= 0.6 is 0 Å². The quantitative estimate of drug-likeness (QED) is 0.130. The van der Waals surface area contributed by atoms with Gasteiger partial charge in [0.15, 0.2) is 5.82 Å². The average molecular weight is 727 g/mol. The van der Waals surface area contributed by atoms with E-state index in [4.69, 9.17) is 9.97 Å². The third kappa shape index (κ3) is 5.40. The molecule has 1 heterocycles. The Balaban J connectivity index is 1.06. The van der Waals surface area contributed by atoms with E-state index < -0.39 is 0 Å². The van der Waals surface area contributed by atoms with Gasteiger partial charge in [-0.15, -0.1) is 0 Å². The van der Waals surface area contributed by atoms with Gasteiger partial charge in [0, 0.05) is 22.1 Å². The lowest BCUT2D eigenvalue weighted by atomic mass is 9.81. The molecule has 268 valence electrons. The summed E-state index contributed by atoms with van der Waals surface area (Å²) in [6.45, 7) is 4.68. The van der Waals surface area contributed by atoms with Gasteiger partial charge in [-0.3, -0.25) is 0 Å². The zero-order valence-electron chi connectivity index (χ0n) is 31.9. The molecule has 0 bridgehead atoms. The van der Waals surface area contributed by atoms with Crippen LogP contribution < -0.4 is 0 Å². The van der Waals surface area contributed by atoms with Crippen LogP contribution in [0.1, 0.15) is 25.0 Å². The number of nitrogens with zero attached hydrogens (tertiary/aromatic N) is 2. The summed E-state index contributed by atoms with van der Waals surface area (Å²) in [5.74, 6) is 0.700. The number of aromatic nitrogens is 2. The number of rotatable bonds is 5. The molecule has 57 heavy (non-hydrogen) atoms. The van der Waals surface area contributed by atoms with Crippen LogP contribution in [0, 0.1) is 0 Å². The molecule has 1 aliphatic carbocycles. The maximum atomic E-state index is 5.35. The minimum Gasteiger partial charge on any atom is -0.228 e. The third-order valence-electron chi connectivity index (χ3n) is 12.1. The van der Waals surface area contributed by atoms with E-state index in [-0.39, 0.29) is 5.41 Å². The van der Waals surface area contributed by atoms with Crippen LogP contribution in [-0.2, 0) is 5.41 Å². The van der Waals surface area contributed by atoms with Crippen molar-refractivity contribution in [1.29, 1.82) is 0 Å². The van der Waals surface area contributed by atoms with Crippen LogP contribution in [0.25, 0.3) is 99.6 Å². The third-order valence-corrected chi connectivity index (χ3v) is 12.1. The van der Waals surface area contributed by atoms with Gasteiger partial charge in [-0.05, 0) is 95.0 Å². The highest BCUT2D eigenvalue weighted by Gasteiger charge is 2.35. The van der Waals surface area contributed by atoms with E-state index in [1.165, 1.54) is 71.3 Å². The van der Waals surface area contributed by atoms with Crippen molar-refractivity contribution in [2.75, 3.05) is 0 Å². The van der Waals surface area contributed by atoms with Crippen LogP contribution in [0.3, 0.4) is 0 Å². The summed E-state index contributed by atoms with van der Waals surface area (Å²) in [4.78, 5) is 10.6. The number of hydrogen-bond acceptors (Lipinski definition) is 2. The molecule has 0 unspecified atom stereocenters. The topological polar surface area (TPSA) is 25.8 Å². The Labute approximate surface area is 332 Å². The van der Waals surface area contributed by atoms with E-state index in [1.54, 1.807) is 0 Å². The molecule has 9 aromatic carbocycles. The number of benzene rings is 9. The molecule has 0 aliphatic heterocycles. The molecule has 0 saturated heterocycles. The molecule has 1 aliphatic rings. The molecular weight excluding hydrogens is 689 g/mol. The maximum Gasteiger partial charge on any atom is 0.160 e. The van der Waals surface area contributed by atoms with Gasteiger partial charge in [0.05, 0.1) is 11.4 Å². The molecule has 0 fully saturated rings. The van der Waals surface area contributed by atoms with Crippen molar-refractivity contribution in [2.24, 2.45) is 0 Å². The smallest absolute Gasteiger partial charge is 0.160 e. The Morgan fingerprint density at radius 2 is 0.947 bits per heavy atom. The van der Waals surface area contributed by atoms with Gasteiger partial charge in [0.1, 0.15) is 0 Å². The fourth-order valence-corrected chi connectivity index (χ4v) is 9.23. The Bertz CT molecular complexity index is 3190. The summed E-state index contributed by atoms with van der Waals surface area (Å²) in [5.41, 5.74) is 15.0. The van der Waals surface area contributed by atoms with Crippen molar-refractivity contribution in [3.05, 3.63) is 205 Å². The summed E-state index contributed by atoms with van der Waals surface area (Å²) >= 11 is 0. The van der Waals surface area contributed by atoms with Gasteiger partial charge in [-0.1, -0.05) is 190 Å². The van der Waals surface area contributed by atoms with Crippen molar-refractivity contribution in [3.8, 4) is 67.3 Å². The lowest BCUT2D eigenvalue weighted by Crippen LogP contribution is -2.14. The highest BCUT2D eigenvalue weighted by atomic mass is 14.9. The monoisotopic (exact) mass is 726 g/mol. The van der Waals surface area contributed by atoms with Crippen LogP contribution in [0.4, 0.5) is 0 Å². The number of hydrogen-bond donors (Lipinski definition) is 0. The molecule has 0 atom stereocenters. The Morgan fingerprint density at radius 1 is 0.351 bits per heavy atom. The van der Waals surface area contributed by atoms with Gasteiger partial charge in [0.25, 0.3) is 0 Å². The number of fused-ring (bicyclic) bond motifs is 7. The Morgan fingerprint density at radius 3 is 1.77 bits per heavy atom. The predicted octanol–water partition coefficient (Wildman–Crippen LogP) is 14.6. The SMILES string of the molecule is CC1(C)c2ccccc2-c2ccc(-c3ccccc3-c3cc(-c4ccccc4)nc(-c4ccc(-c5c6ccccc6cc6ccc7ccccc7c56)cc4)n3)cc21. The van der Waals surface area contributed by atoms with Crippen LogP contribution in [-0.4, -0.2) is 9.97 Å². The summed E-state index contributed by atoms with van der Waals surface area (Å²) in [6.07, 6.45) is 0. The molecular formula is C55H38N2. The fraction of sp³-hybridized carbons (Fsp3) is 0.0545. The van der Waals surface area contributed by atoms with Gasteiger partial charge in [0.2, 0.25) is 0 Å². The van der Waals surface area contributed by atoms with Gasteiger partial charge >= 0.3 is 0 Å². The molecule has 10 aromatic rings. The van der Waals surface area contributed by atoms with Gasteiger partial charge in [-0.25, -0.2) is 9.97 Å². The lowest BCUT2D eigenvalue weighted by molar-refractivity contribution is 0.660. The van der Waals surface area contributed by atoms with Gasteiger partial charge in [-0.2, -0.15) is 0 Å². The van der Waals surface area contributed by atoms with Crippen molar-refractivity contribution in [1.82, 2.24) is 9.97 Å². The zero-order chi connectivity index (χ0) is 38.1. The van der Waals surface area contributed by atoms with E-state index in [9.17, 15) is 0 Å². The molecule has 0 radical (unpaired) electrons. The van der Waals surface area contributed by atoms with Crippen molar-refractivity contribution < 1.29 is 0 Å². The largest absolute Gasteiger partial charge is 0.228 e.